The fraction of sp³-hybridized carbons (Fsp3) is 0.571. The Morgan fingerprint density at radius 2 is 2.07 bits per heavy atom. The summed E-state index contributed by atoms with van der Waals surface area (Å²) in [6, 6.07) is 12.2. The number of aryl methyl sites for hydroxylation is 1. The lowest BCUT2D eigenvalue weighted by molar-refractivity contribution is 0.0451. The van der Waals surface area contributed by atoms with Gasteiger partial charge in [0.2, 0.25) is 0 Å². The minimum atomic E-state index is -0.473. The molecule has 1 spiro atoms. The minimum Gasteiger partial charge on any atom is -0.490 e. The Morgan fingerprint density at radius 3 is 2.86 bits per heavy atom. The third kappa shape index (κ3) is 6.07. The van der Waals surface area contributed by atoms with Crippen molar-refractivity contribution in [2.75, 3.05) is 31.7 Å². The van der Waals surface area contributed by atoms with Gasteiger partial charge in [-0.2, -0.15) is 0 Å². The molecule has 2 heterocycles. The van der Waals surface area contributed by atoms with Gasteiger partial charge in [0.15, 0.2) is 0 Å². The first-order valence-electron chi connectivity index (χ1n) is 16.1. The van der Waals surface area contributed by atoms with Crippen molar-refractivity contribution in [1.29, 1.82) is 0 Å². The van der Waals surface area contributed by atoms with Gasteiger partial charge in [0.1, 0.15) is 5.75 Å². The summed E-state index contributed by atoms with van der Waals surface area (Å²) in [5, 5.41) is 12.2. The van der Waals surface area contributed by atoms with Crippen LogP contribution in [-0.2, 0) is 16.6 Å². The summed E-state index contributed by atoms with van der Waals surface area (Å²) in [5.41, 5.74) is 4.10. The molecule has 2 N–H and O–H groups in total. The molecule has 2 aromatic rings. The predicted octanol–water partition coefficient (Wildman–Crippen LogP) is 6.72. The number of hydrogen-bond acceptors (Lipinski definition) is 6. The average Bonchev–Trinajstić information content (AvgIpc) is 3.82. The number of nitrogens with zero attached hydrogens (tertiary/aromatic N) is 1. The maximum absolute atomic E-state index is 13.6. The molecule has 8 heteroatoms. The zero-order valence-corrected chi connectivity index (χ0v) is 26.5. The van der Waals surface area contributed by atoms with Crippen molar-refractivity contribution in [2.45, 2.75) is 80.7 Å². The molecule has 2 fully saturated rings. The van der Waals surface area contributed by atoms with Crippen LogP contribution in [0, 0.1) is 17.8 Å². The lowest BCUT2D eigenvalue weighted by Gasteiger charge is -2.45. The van der Waals surface area contributed by atoms with Gasteiger partial charge in [-0.1, -0.05) is 42.7 Å². The van der Waals surface area contributed by atoms with Gasteiger partial charge in [-0.15, -0.1) is 0 Å². The summed E-state index contributed by atoms with van der Waals surface area (Å²) in [7, 11) is 1.75. The van der Waals surface area contributed by atoms with Crippen molar-refractivity contribution in [3.8, 4) is 5.75 Å². The van der Waals surface area contributed by atoms with E-state index < -0.39 is 6.10 Å². The number of nitrogens with one attached hydrogen (secondary N) is 1. The molecule has 5 aliphatic rings. The van der Waals surface area contributed by atoms with E-state index in [4.69, 9.17) is 21.1 Å². The summed E-state index contributed by atoms with van der Waals surface area (Å²) < 4.78 is 15.7. The zero-order chi connectivity index (χ0) is 29.6. The standard InChI is InChI=1S/C35H43ClN2O4S/c1-41-32-6-2-5-30(39)27-12-9-25(27)19-38-20-35(15-3-4-23-17-26(36)11-13-28(23)35)21-42-31-14-10-24(18-29(31)38)34(40)37-43-33(32)16-22-7-8-22/h2,5,10-11,13-14,17-18,22,25,27,30,32-33,39H,3-4,6-9,12,15-16,19-21H2,1H3,(H,37,40)/b5-2-/t25-,27+,30-,32+,33+,35-/m0/s1. The van der Waals surface area contributed by atoms with Crippen LogP contribution in [0.2, 0.25) is 5.02 Å². The van der Waals surface area contributed by atoms with E-state index in [1.54, 1.807) is 7.11 Å². The highest BCUT2D eigenvalue weighted by Gasteiger charge is 2.44. The number of fused-ring (bicyclic) bond motifs is 4. The Bertz CT molecular complexity index is 1380. The second-order valence-electron chi connectivity index (χ2n) is 13.5. The van der Waals surface area contributed by atoms with Gasteiger partial charge < -0.3 is 19.5 Å². The smallest absolute Gasteiger partial charge is 0.261 e. The van der Waals surface area contributed by atoms with Crippen molar-refractivity contribution in [3.05, 3.63) is 70.3 Å². The second-order valence-corrected chi connectivity index (χ2v) is 15.0. The van der Waals surface area contributed by atoms with E-state index in [-0.39, 0.29) is 28.6 Å². The molecule has 2 saturated carbocycles. The monoisotopic (exact) mass is 622 g/mol. The Hall–Kier alpha value is -2.19. The fourth-order valence-electron chi connectivity index (χ4n) is 7.85. The number of rotatable bonds is 3. The number of halogens is 1. The third-order valence-corrected chi connectivity index (χ3v) is 12.0. The molecule has 1 amide bonds. The highest BCUT2D eigenvalue weighted by Crippen LogP contribution is 2.47. The van der Waals surface area contributed by atoms with Crippen LogP contribution in [0.1, 0.15) is 72.9 Å². The maximum Gasteiger partial charge on any atom is 0.261 e. The zero-order valence-electron chi connectivity index (χ0n) is 25.0. The lowest BCUT2D eigenvalue weighted by Crippen LogP contribution is -2.49. The van der Waals surface area contributed by atoms with Gasteiger partial charge in [0.25, 0.3) is 5.91 Å². The van der Waals surface area contributed by atoms with Crippen LogP contribution in [0.15, 0.2) is 48.6 Å². The Balaban J connectivity index is 1.24. The number of hydrogen-bond donors (Lipinski definition) is 2. The van der Waals surface area contributed by atoms with E-state index in [0.29, 0.717) is 24.0 Å². The molecular weight excluding hydrogens is 580 g/mol. The number of ether oxygens (including phenoxy) is 2. The molecule has 6 atom stereocenters. The number of amides is 1. The van der Waals surface area contributed by atoms with Crippen LogP contribution in [0.3, 0.4) is 0 Å². The second kappa shape index (κ2) is 12.3. The molecule has 7 rings (SSSR count). The number of benzene rings is 2. The molecule has 230 valence electrons. The van der Waals surface area contributed by atoms with Crippen molar-refractivity contribution < 1.29 is 19.4 Å². The Kier molecular flexibility index (Phi) is 8.45. The molecule has 0 aromatic heterocycles. The molecule has 2 bridgehead atoms. The number of anilines is 1. The van der Waals surface area contributed by atoms with E-state index in [0.717, 1.165) is 74.5 Å². The number of carbonyl (C=O) groups excluding carboxylic acids is 1. The molecule has 0 unspecified atom stereocenters. The van der Waals surface area contributed by atoms with Crippen molar-refractivity contribution in [3.63, 3.8) is 0 Å². The van der Waals surface area contributed by atoms with E-state index in [1.807, 2.05) is 30.3 Å². The first-order chi connectivity index (χ1) is 20.9. The maximum atomic E-state index is 13.6. The molecular formula is C35H43ClN2O4S. The summed E-state index contributed by atoms with van der Waals surface area (Å²) >= 11 is 7.92. The van der Waals surface area contributed by atoms with Crippen LogP contribution in [0.5, 0.6) is 5.75 Å². The molecule has 43 heavy (non-hydrogen) atoms. The molecule has 3 aliphatic carbocycles. The van der Waals surface area contributed by atoms with Crippen LogP contribution in [0.25, 0.3) is 0 Å². The normalized spacial score (nSPS) is 33.3. The summed E-state index contributed by atoms with van der Waals surface area (Å²) in [4.78, 5) is 16.1. The van der Waals surface area contributed by atoms with Crippen molar-refractivity contribution in [2.24, 2.45) is 17.8 Å². The fourth-order valence-corrected chi connectivity index (χ4v) is 9.16. The van der Waals surface area contributed by atoms with Crippen molar-refractivity contribution >= 4 is 35.1 Å². The van der Waals surface area contributed by atoms with E-state index >= 15 is 0 Å². The minimum absolute atomic E-state index is 0.0279. The topological polar surface area (TPSA) is 71.0 Å². The molecule has 2 aliphatic heterocycles. The molecule has 0 radical (unpaired) electrons. The van der Waals surface area contributed by atoms with Crippen LogP contribution in [-0.4, -0.2) is 55.3 Å². The highest BCUT2D eigenvalue weighted by atomic mass is 35.5. The number of methoxy groups -OCH3 is 1. The van der Waals surface area contributed by atoms with E-state index in [1.165, 1.54) is 35.9 Å². The third-order valence-electron chi connectivity index (χ3n) is 10.7. The van der Waals surface area contributed by atoms with Gasteiger partial charge in [0, 0.05) is 36.2 Å². The number of aliphatic hydroxyl groups excluding tert-OH is 1. The first-order valence-corrected chi connectivity index (χ1v) is 17.3. The lowest BCUT2D eigenvalue weighted by atomic mass is 9.68. The van der Waals surface area contributed by atoms with E-state index in [9.17, 15) is 9.90 Å². The Morgan fingerprint density at radius 1 is 1.19 bits per heavy atom. The largest absolute Gasteiger partial charge is 0.490 e. The summed E-state index contributed by atoms with van der Waals surface area (Å²) in [6.45, 7) is 2.22. The highest BCUT2D eigenvalue weighted by molar-refractivity contribution is 7.98. The van der Waals surface area contributed by atoms with Crippen LogP contribution >= 0.6 is 23.5 Å². The molecule has 0 saturated heterocycles. The molecule has 6 nitrogen and oxygen atoms in total. The summed E-state index contributed by atoms with van der Waals surface area (Å²) in [5.74, 6) is 2.02. The van der Waals surface area contributed by atoms with Gasteiger partial charge >= 0.3 is 0 Å². The molecule has 2 aromatic carbocycles. The first kappa shape index (κ1) is 29.5. The van der Waals surface area contributed by atoms with Gasteiger partial charge in [-0.3, -0.25) is 9.52 Å². The number of carbonyl (C=O) groups is 1. The SMILES string of the molecule is CO[C@@H]1C/C=C\[C@H](O)[C@@H]2CC[C@H]2CN2C[C@@]3(CCCc4cc(Cl)ccc43)COc3ccc(cc32)C(=O)NS[C@@H]1CC1CC1. The van der Waals surface area contributed by atoms with Crippen LogP contribution < -0.4 is 14.4 Å². The van der Waals surface area contributed by atoms with Crippen molar-refractivity contribution in [1.82, 2.24) is 4.72 Å². The summed E-state index contributed by atoms with van der Waals surface area (Å²) in [6.07, 6.45) is 13.1. The van der Waals surface area contributed by atoms with E-state index in [2.05, 4.69) is 27.8 Å². The van der Waals surface area contributed by atoms with Gasteiger partial charge in [-0.05, 0) is 116 Å². The van der Waals surface area contributed by atoms with Gasteiger partial charge in [-0.25, -0.2) is 0 Å². The quantitative estimate of drug-likeness (QED) is 0.292. The van der Waals surface area contributed by atoms with Gasteiger partial charge in [0.05, 0.1) is 29.8 Å². The Labute approximate surface area is 264 Å². The average molecular weight is 623 g/mol. The van der Waals surface area contributed by atoms with Crippen LogP contribution in [0.4, 0.5) is 5.69 Å². The predicted molar refractivity (Wildman–Crippen MR) is 173 cm³/mol. The number of aliphatic hydroxyl groups is 1.